The zero-order valence-electron chi connectivity index (χ0n) is 11.5. The third-order valence-corrected chi connectivity index (χ3v) is 3.87. The highest BCUT2D eigenvalue weighted by Gasteiger charge is 2.23. The summed E-state index contributed by atoms with van der Waals surface area (Å²) in [6.07, 6.45) is 1.91. The van der Waals surface area contributed by atoms with Gasteiger partial charge >= 0.3 is 0 Å². The average Bonchev–Trinajstić information content (AvgIpc) is 2.91. The Morgan fingerprint density at radius 3 is 2.38 bits per heavy atom. The van der Waals surface area contributed by atoms with E-state index in [4.69, 9.17) is 5.73 Å². The number of rotatable bonds is 3. The quantitative estimate of drug-likeness (QED) is 0.904. The van der Waals surface area contributed by atoms with Crippen LogP contribution in [0.2, 0.25) is 0 Å². The maximum Gasteiger partial charge on any atom is 0.251 e. The Hall–Kier alpha value is -2.62. The van der Waals surface area contributed by atoms with E-state index in [1.807, 2.05) is 12.1 Å². The van der Waals surface area contributed by atoms with Gasteiger partial charge in [-0.2, -0.15) is 0 Å². The number of benzene rings is 2. The molecule has 0 unspecified atom stereocenters. The maximum atomic E-state index is 12.3. The van der Waals surface area contributed by atoms with Crippen LogP contribution in [0, 0.1) is 0 Å². The summed E-state index contributed by atoms with van der Waals surface area (Å²) in [4.78, 5) is 23.3. The number of nitrogens with two attached hydrogens (primary N) is 1. The maximum absolute atomic E-state index is 12.3. The van der Waals surface area contributed by atoms with Crippen molar-refractivity contribution >= 4 is 11.8 Å². The molecular formula is C17H16N2O2. The first-order valence-corrected chi connectivity index (χ1v) is 6.93. The highest BCUT2D eigenvalue weighted by Crippen LogP contribution is 2.30. The van der Waals surface area contributed by atoms with Crippen molar-refractivity contribution in [2.75, 3.05) is 0 Å². The van der Waals surface area contributed by atoms with E-state index < -0.39 is 5.91 Å². The topological polar surface area (TPSA) is 72.2 Å². The zero-order chi connectivity index (χ0) is 14.8. The van der Waals surface area contributed by atoms with Crippen LogP contribution in [-0.2, 0) is 6.42 Å². The molecule has 3 N–H and O–H groups in total. The molecule has 0 heterocycles. The van der Waals surface area contributed by atoms with Crippen LogP contribution in [0.3, 0.4) is 0 Å². The smallest absolute Gasteiger partial charge is 0.251 e. The average molecular weight is 280 g/mol. The summed E-state index contributed by atoms with van der Waals surface area (Å²) in [5.74, 6) is -0.626. The predicted octanol–water partition coefficient (Wildman–Crippen LogP) is 2.20. The Kier molecular flexibility index (Phi) is 3.44. The number of fused-ring (bicyclic) bond motifs is 1. The second-order valence-electron chi connectivity index (χ2n) is 5.21. The molecule has 0 spiro atoms. The van der Waals surface area contributed by atoms with Crippen molar-refractivity contribution in [2.45, 2.75) is 18.9 Å². The van der Waals surface area contributed by atoms with Crippen molar-refractivity contribution in [3.63, 3.8) is 0 Å². The fourth-order valence-corrected chi connectivity index (χ4v) is 2.73. The number of hydrogen-bond donors (Lipinski definition) is 2. The summed E-state index contributed by atoms with van der Waals surface area (Å²) < 4.78 is 0. The van der Waals surface area contributed by atoms with Crippen LogP contribution < -0.4 is 11.1 Å². The van der Waals surface area contributed by atoms with Crippen molar-refractivity contribution in [2.24, 2.45) is 5.73 Å². The molecule has 0 radical (unpaired) electrons. The number of aryl methyl sites for hydroxylation is 1. The highest BCUT2D eigenvalue weighted by atomic mass is 16.2. The van der Waals surface area contributed by atoms with E-state index in [1.54, 1.807) is 24.3 Å². The normalized spacial score (nSPS) is 16.3. The van der Waals surface area contributed by atoms with E-state index in [-0.39, 0.29) is 11.9 Å². The first kappa shape index (κ1) is 13.4. The monoisotopic (exact) mass is 280 g/mol. The number of primary amides is 1. The molecule has 4 nitrogen and oxygen atoms in total. The number of carbonyl (C=O) groups is 2. The number of nitrogens with one attached hydrogen (secondary N) is 1. The van der Waals surface area contributed by atoms with Gasteiger partial charge in [0.05, 0.1) is 6.04 Å². The van der Waals surface area contributed by atoms with Crippen molar-refractivity contribution in [1.29, 1.82) is 0 Å². The van der Waals surface area contributed by atoms with E-state index in [9.17, 15) is 9.59 Å². The molecule has 1 atom stereocenters. The number of carbonyl (C=O) groups excluding carboxylic acids is 2. The van der Waals surface area contributed by atoms with Crippen molar-refractivity contribution in [1.82, 2.24) is 5.32 Å². The van der Waals surface area contributed by atoms with Gasteiger partial charge in [0.15, 0.2) is 0 Å². The molecule has 4 heteroatoms. The Balaban J connectivity index is 1.74. The number of amides is 2. The minimum Gasteiger partial charge on any atom is -0.366 e. The zero-order valence-corrected chi connectivity index (χ0v) is 11.5. The molecule has 1 aliphatic rings. The van der Waals surface area contributed by atoms with Crippen molar-refractivity contribution in [3.05, 3.63) is 70.8 Å². The van der Waals surface area contributed by atoms with Gasteiger partial charge in [0.2, 0.25) is 5.91 Å². The SMILES string of the molecule is NC(=O)c1ccc(C(=O)N[C@@H]2CCc3ccccc32)cc1. The lowest BCUT2D eigenvalue weighted by molar-refractivity contribution is 0.0934. The van der Waals surface area contributed by atoms with E-state index in [2.05, 4.69) is 17.4 Å². The Morgan fingerprint density at radius 2 is 1.67 bits per heavy atom. The van der Waals surface area contributed by atoms with Gasteiger partial charge in [-0.3, -0.25) is 9.59 Å². The molecule has 1 aliphatic carbocycles. The predicted molar refractivity (Wildman–Crippen MR) is 79.9 cm³/mol. The fraction of sp³-hybridized carbons (Fsp3) is 0.176. The van der Waals surface area contributed by atoms with E-state index >= 15 is 0 Å². The Labute approximate surface area is 123 Å². The van der Waals surface area contributed by atoms with Crippen LogP contribution in [0.5, 0.6) is 0 Å². The lowest BCUT2D eigenvalue weighted by Crippen LogP contribution is -2.27. The number of hydrogen-bond acceptors (Lipinski definition) is 2. The third-order valence-electron chi connectivity index (χ3n) is 3.87. The van der Waals surface area contributed by atoms with Gasteiger partial charge in [-0.25, -0.2) is 0 Å². The van der Waals surface area contributed by atoms with Crippen molar-refractivity contribution in [3.8, 4) is 0 Å². The lowest BCUT2D eigenvalue weighted by Gasteiger charge is -2.14. The summed E-state index contributed by atoms with van der Waals surface area (Å²) in [6.45, 7) is 0. The Bertz CT molecular complexity index is 692. The van der Waals surface area contributed by atoms with Gasteiger partial charge in [-0.05, 0) is 48.2 Å². The molecule has 106 valence electrons. The van der Waals surface area contributed by atoms with Gasteiger partial charge in [-0.15, -0.1) is 0 Å². The van der Waals surface area contributed by atoms with Crippen LogP contribution >= 0.6 is 0 Å². The summed E-state index contributed by atoms with van der Waals surface area (Å²) in [6, 6.07) is 14.6. The van der Waals surface area contributed by atoms with Crippen LogP contribution in [0.15, 0.2) is 48.5 Å². The second kappa shape index (κ2) is 5.40. The first-order chi connectivity index (χ1) is 10.1. The standard InChI is InChI=1S/C17H16N2O2/c18-16(20)12-5-7-13(8-6-12)17(21)19-15-10-9-11-3-1-2-4-14(11)15/h1-8,15H,9-10H2,(H2,18,20)(H,19,21)/t15-/m1/s1. The lowest BCUT2D eigenvalue weighted by atomic mass is 10.1. The second-order valence-corrected chi connectivity index (χ2v) is 5.21. The van der Waals surface area contributed by atoms with Crippen LogP contribution in [0.25, 0.3) is 0 Å². The van der Waals surface area contributed by atoms with Crippen LogP contribution in [0.1, 0.15) is 44.3 Å². The van der Waals surface area contributed by atoms with E-state index in [0.29, 0.717) is 11.1 Å². The molecule has 3 rings (SSSR count). The molecule has 2 amide bonds. The summed E-state index contributed by atoms with van der Waals surface area (Å²) in [5, 5.41) is 3.04. The highest BCUT2D eigenvalue weighted by molar-refractivity contribution is 5.97. The van der Waals surface area contributed by atoms with Gasteiger partial charge in [0, 0.05) is 11.1 Å². The van der Waals surface area contributed by atoms with Gasteiger partial charge in [-0.1, -0.05) is 24.3 Å². The molecule has 0 fully saturated rings. The molecule has 0 bridgehead atoms. The van der Waals surface area contributed by atoms with E-state index in [0.717, 1.165) is 12.8 Å². The molecule has 2 aromatic rings. The van der Waals surface area contributed by atoms with Crippen LogP contribution in [0.4, 0.5) is 0 Å². The molecule has 21 heavy (non-hydrogen) atoms. The minimum absolute atomic E-state index is 0.0597. The van der Waals surface area contributed by atoms with Gasteiger partial charge < -0.3 is 11.1 Å². The molecule has 2 aromatic carbocycles. The van der Waals surface area contributed by atoms with Gasteiger partial charge in [0.25, 0.3) is 5.91 Å². The minimum atomic E-state index is -0.494. The van der Waals surface area contributed by atoms with Crippen LogP contribution in [-0.4, -0.2) is 11.8 Å². The summed E-state index contributed by atoms with van der Waals surface area (Å²) in [5.41, 5.74) is 8.61. The Morgan fingerprint density at radius 1 is 1.00 bits per heavy atom. The van der Waals surface area contributed by atoms with Gasteiger partial charge in [0.1, 0.15) is 0 Å². The molecule has 0 saturated heterocycles. The largest absolute Gasteiger partial charge is 0.366 e. The summed E-state index contributed by atoms with van der Waals surface area (Å²) in [7, 11) is 0. The fourth-order valence-electron chi connectivity index (χ4n) is 2.73. The molecular weight excluding hydrogens is 264 g/mol. The first-order valence-electron chi connectivity index (χ1n) is 6.93. The van der Waals surface area contributed by atoms with E-state index in [1.165, 1.54) is 11.1 Å². The molecule has 0 aliphatic heterocycles. The summed E-state index contributed by atoms with van der Waals surface area (Å²) >= 11 is 0. The molecule has 0 aromatic heterocycles. The molecule has 0 saturated carbocycles. The van der Waals surface area contributed by atoms with Crippen molar-refractivity contribution < 1.29 is 9.59 Å². The third kappa shape index (κ3) is 2.65.